The number of hydrogen-bond donors (Lipinski definition) is 2. The zero-order valence-corrected chi connectivity index (χ0v) is 17.0. The van der Waals surface area contributed by atoms with Crippen LogP contribution >= 0.6 is 11.6 Å². The minimum absolute atomic E-state index is 0.0797. The van der Waals surface area contributed by atoms with Gasteiger partial charge in [0, 0.05) is 18.0 Å². The molecule has 1 aliphatic carbocycles. The van der Waals surface area contributed by atoms with Crippen molar-refractivity contribution < 1.29 is 13.2 Å². The van der Waals surface area contributed by atoms with Crippen LogP contribution in [0.25, 0.3) is 0 Å². The highest BCUT2D eigenvalue weighted by Gasteiger charge is 2.28. The Morgan fingerprint density at radius 3 is 2.63 bits per heavy atom. The Balaban J connectivity index is 1.90. The van der Waals surface area contributed by atoms with Crippen molar-refractivity contribution in [2.45, 2.75) is 49.8 Å². The zero-order valence-electron chi connectivity index (χ0n) is 15.5. The molecule has 1 aliphatic rings. The molecule has 2 N–H and O–H groups in total. The third-order valence-corrected chi connectivity index (χ3v) is 6.77. The Kier molecular flexibility index (Phi) is 5.91. The average Bonchev–Trinajstić information content (AvgIpc) is 3.23. The molecule has 0 spiro atoms. The van der Waals surface area contributed by atoms with Gasteiger partial charge in [-0.15, -0.1) is 0 Å². The number of nitrogens with zero attached hydrogens (tertiary/aromatic N) is 1. The van der Waals surface area contributed by atoms with Crippen molar-refractivity contribution in [3.63, 3.8) is 0 Å². The fraction of sp³-hybridized carbons (Fsp3) is 0.474. The van der Waals surface area contributed by atoms with Crippen molar-refractivity contribution in [3.05, 3.63) is 40.5 Å². The van der Waals surface area contributed by atoms with Crippen molar-refractivity contribution in [1.29, 1.82) is 0 Å². The van der Waals surface area contributed by atoms with Gasteiger partial charge in [0.1, 0.15) is 0 Å². The van der Waals surface area contributed by atoms with Crippen LogP contribution in [-0.4, -0.2) is 30.8 Å². The van der Waals surface area contributed by atoms with Crippen LogP contribution in [0.15, 0.2) is 29.3 Å². The summed E-state index contributed by atoms with van der Waals surface area (Å²) in [5.41, 5.74) is 1.58. The molecule has 1 atom stereocenters. The minimum Gasteiger partial charge on any atom is -0.308 e. The standard InChI is InChI=1S/C19H24ClN3O3S/c1-12-11-21-23-18(12)22-19(24)15(9-13-5-3-4-6-13)14-7-8-17(16(20)10-14)27(2,25)26/h7-8,10-11,13,15H,3-6,9H2,1-2H3,(H2,21,22,23,24)/t15-/m1/s1. The summed E-state index contributed by atoms with van der Waals surface area (Å²) in [4.78, 5) is 13.1. The van der Waals surface area contributed by atoms with Crippen LogP contribution in [0.4, 0.5) is 5.82 Å². The highest BCUT2D eigenvalue weighted by molar-refractivity contribution is 7.90. The van der Waals surface area contributed by atoms with E-state index in [0.717, 1.165) is 30.2 Å². The molecule has 6 nitrogen and oxygen atoms in total. The van der Waals surface area contributed by atoms with Crippen molar-refractivity contribution in [2.75, 3.05) is 11.6 Å². The molecular weight excluding hydrogens is 386 g/mol. The topological polar surface area (TPSA) is 91.9 Å². The first-order valence-electron chi connectivity index (χ1n) is 9.06. The third-order valence-electron chi connectivity index (χ3n) is 5.19. The zero-order chi connectivity index (χ0) is 19.6. The smallest absolute Gasteiger partial charge is 0.233 e. The Morgan fingerprint density at radius 1 is 1.37 bits per heavy atom. The van der Waals surface area contributed by atoms with E-state index in [4.69, 9.17) is 11.6 Å². The number of carbonyl (C=O) groups is 1. The summed E-state index contributed by atoms with van der Waals surface area (Å²) in [6.45, 7) is 1.86. The number of benzene rings is 1. The number of H-pyrrole nitrogens is 1. The molecule has 27 heavy (non-hydrogen) atoms. The molecule has 0 aliphatic heterocycles. The molecule has 3 rings (SSSR count). The average molecular weight is 410 g/mol. The molecule has 1 saturated carbocycles. The van der Waals surface area contributed by atoms with Crippen molar-refractivity contribution >= 4 is 33.2 Å². The first-order chi connectivity index (χ1) is 12.8. The quantitative estimate of drug-likeness (QED) is 0.751. The maximum Gasteiger partial charge on any atom is 0.233 e. The third kappa shape index (κ3) is 4.71. The van der Waals surface area contributed by atoms with E-state index in [9.17, 15) is 13.2 Å². The van der Waals surface area contributed by atoms with Gasteiger partial charge in [-0.05, 0) is 37.0 Å². The molecular formula is C19H24ClN3O3S. The number of carbonyl (C=O) groups excluding carboxylic acids is 1. The van der Waals surface area contributed by atoms with E-state index in [-0.39, 0.29) is 15.8 Å². The molecule has 0 bridgehead atoms. The summed E-state index contributed by atoms with van der Waals surface area (Å²) >= 11 is 6.22. The molecule has 0 saturated heterocycles. The van der Waals surface area contributed by atoms with Crippen molar-refractivity contribution in [1.82, 2.24) is 10.2 Å². The summed E-state index contributed by atoms with van der Waals surface area (Å²) in [7, 11) is -3.41. The number of halogens is 1. The Bertz CT molecular complexity index is 933. The van der Waals surface area contributed by atoms with E-state index >= 15 is 0 Å². The maximum absolute atomic E-state index is 13.0. The molecule has 1 heterocycles. The number of aryl methyl sites for hydroxylation is 1. The highest BCUT2D eigenvalue weighted by atomic mass is 35.5. The van der Waals surface area contributed by atoms with Gasteiger partial charge in [-0.1, -0.05) is 43.4 Å². The summed E-state index contributed by atoms with van der Waals surface area (Å²) in [5, 5.41) is 9.83. The number of nitrogens with one attached hydrogen (secondary N) is 2. The maximum atomic E-state index is 13.0. The minimum atomic E-state index is -3.41. The van der Waals surface area contributed by atoms with Crippen LogP contribution in [0.3, 0.4) is 0 Å². The molecule has 2 aromatic rings. The second-order valence-corrected chi connectivity index (χ2v) is 9.70. The lowest BCUT2D eigenvalue weighted by molar-refractivity contribution is -0.118. The van der Waals surface area contributed by atoms with Gasteiger partial charge in [-0.2, -0.15) is 5.10 Å². The van der Waals surface area contributed by atoms with Crippen LogP contribution in [0.2, 0.25) is 5.02 Å². The van der Waals surface area contributed by atoms with E-state index < -0.39 is 15.8 Å². The van der Waals surface area contributed by atoms with Crippen LogP contribution < -0.4 is 5.32 Å². The van der Waals surface area contributed by atoms with Crippen molar-refractivity contribution in [2.24, 2.45) is 5.92 Å². The number of amides is 1. The Morgan fingerprint density at radius 2 is 2.07 bits per heavy atom. The van der Waals surface area contributed by atoms with E-state index in [2.05, 4.69) is 15.5 Å². The number of rotatable bonds is 6. The second-order valence-electron chi connectivity index (χ2n) is 7.31. The van der Waals surface area contributed by atoms with E-state index in [1.54, 1.807) is 18.3 Å². The van der Waals surface area contributed by atoms with Gasteiger partial charge in [0.15, 0.2) is 15.7 Å². The lowest BCUT2D eigenvalue weighted by Crippen LogP contribution is -2.24. The molecule has 0 radical (unpaired) electrons. The Labute approximate surface area is 164 Å². The van der Waals surface area contributed by atoms with Gasteiger partial charge in [0.2, 0.25) is 5.91 Å². The van der Waals surface area contributed by atoms with Gasteiger partial charge in [-0.25, -0.2) is 8.42 Å². The molecule has 1 fully saturated rings. The number of anilines is 1. The second kappa shape index (κ2) is 8.02. The number of aromatic nitrogens is 2. The van der Waals surface area contributed by atoms with Crippen LogP contribution in [0.1, 0.15) is 49.1 Å². The monoisotopic (exact) mass is 409 g/mol. The van der Waals surface area contributed by atoms with E-state index in [1.807, 2.05) is 6.92 Å². The fourth-order valence-electron chi connectivity index (χ4n) is 3.69. The van der Waals surface area contributed by atoms with Gasteiger partial charge in [0.05, 0.1) is 15.8 Å². The SMILES string of the molecule is Cc1c[nH]nc1NC(=O)[C@H](CC1CCCC1)c1ccc(S(C)(=O)=O)c(Cl)c1. The largest absolute Gasteiger partial charge is 0.308 e. The number of sulfone groups is 1. The predicted molar refractivity (Wildman–Crippen MR) is 106 cm³/mol. The lowest BCUT2D eigenvalue weighted by atomic mass is 9.87. The molecule has 1 aromatic carbocycles. The fourth-order valence-corrected chi connectivity index (χ4v) is 5.03. The summed E-state index contributed by atoms with van der Waals surface area (Å²) in [5.74, 6) is 0.431. The first-order valence-corrected chi connectivity index (χ1v) is 11.3. The summed E-state index contributed by atoms with van der Waals surface area (Å²) in [6.07, 6.45) is 8.15. The van der Waals surface area contributed by atoms with Gasteiger partial charge in [-0.3, -0.25) is 9.89 Å². The van der Waals surface area contributed by atoms with Crippen molar-refractivity contribution in [3.8, 4) is 0 Å². The van der Waals surface area contributed by atoms with Gasteiger partial charge >= 0.3 is 0 Å². The molecule has 146 valence electrons. The molecule has 1 aromatic heterocycles. The molecule has 8 heteroatoms. The Hall–Kier alpha value is -1.86. The predicted octanol–water partition coefficient (Wildman–Crippen LogP) is 4.08. The summed E-state index contributed by atoms with van der Waals surface area (Å²) in [6, 6.07) is 4.79. The number of aromatic amines is 1. The highest BCUT2D eigenvalue weighted by Crippen LogP contribution is 2.36. The van der Waals surface area contributed by atoms with E-state index in [1.165, 1.54) is 18.9 Å². The summed E-state index contributed by atoms with van der Waals surface area (Å²) < 4.78 is 23.6. The molecule has 0 unspecified atom stereocenters. The lowest BCUT2D eigenvalue weighted by Gasteiger charge is -2.21. The van der Waals surface area contributed by atoms with Gasteiger partial charge in [0.25, 0.3) is 0 Å². The number of hydrogen-bond acceptors (Lipinski definition) is 4. The van der Waals surface area contributed by atoms with Crippen LogP contribution in [0.5, 0.6) is 0 Å². The van der Waals surface area contributed by atoms with Crippen LogP contribution in [0, 0.1) is 12.8 Å². The van der Waals surface area contributed by atoms with Crippen LogP contribution in [-0.2, 0) is 14.6 Å². The van der Waals surface area contributed by atoms with E-state index in [0.29, 0.717) is 18.2 Å². The molecule has 1 amide bonds. The normalized spacial score (nSPS) is 16.4. The van der Waals surface area contributed by atoms with Gasteiger partial charge < -0.3 is 5.32 Å². The first kappa shape index (κ1) is 19.9.